The molecule has 0 saturated carbocycles. The minimum atomic E-state index is -6.05. The molecule has 0 spiro atoms. The van der Waals surface area contributed by atoms with Crippen LogP contribution in [-0.4, -0.2) is 34.1 Å². The zero-order valence-corrected chi connectivity index (χ0v) is 14.1. The number of hydroxylamine groups is 1. The molecule has 0 aliphatic rings. The predicted octanol–water partition coefficient (Wildman–Crippen LogP) is 4.26. The Morgan fingerprint density at radius 2 is 1.62 bits per heavy atom. The molecule has 29 heavy (non-hydrogen) atoms. The molecule has 5 nitrogen and oxygen atoms in total. The molecule has 160 valence electrons. The highest BCUT2D eigenvalue weighted by molar-refractivity contribution is 6.01. The number of amides is 1. The van der Waals surface area contributed by atoms with Crippen molar-refractivity contribution in [1.29, 1.82) is 0 Å². The second-order valence-corrected chi connectivity index (χ2v) is 5.56. The SMILES string of the molecule is Cn1nc(C(F)(F)F)c(C(=O)NOC(F)(F)C(F)C(F)(F)F)c1-c1ccccc1. The topological polar surface area (TPSA) is 56.2 Å². The van der Waals surface area contributed by atoms with E-state index in [1.165, 1.54) is 30.3 Å². The van der Waals surface area contributed by atoms with Crippen molar-refractivity contribution in [1.82, 2.24) is 15.3 Å². The number of halogens is 9. The molecule has 0 aliphatic heterocycles. The Hall–Kier alpha value is -2.77. The van der Waals surface area contributed by atoms with E-state index in [2.05, 4.69) is 9.94 Å². The third kappa shape index (κ3) is 4.81. The van der Waals surface area contributed by atoms with E-state index in [1.807, 2.05) is 0 Å². The highest BCUT2D eigenvalue weighted by Gasteiger charge is 2.59. The first-order valence-corrected chi connectivity index (χ1v) is 7.42. The summed E-state index contributed by atoms with van der Waals surface area (Å²) in [6.07, 6.45) is -21.7. The van der Waals surface area contributed by atoms with Gasteiger partial charge in [0.15, 0.2) is 5.69 Å². The predicted molar refractivity (Wildman–Crippen MR) is 78.1 cm³/mol. The molecule has 1 heterocycles. The lowest BCUT2D eigenvalue weighted by atomic mass is 10.0. The summed E-state index contributed by atoms with van der Waals surface area (Å²) in [6, 6.07) is 6.81. The molecule has 1 atom stereocenters. The first kappa shape index (κ1) is 22.5. The molecule has 2 rings (SSSR count). The molecule has 0 radical (unpaired) electrons. The van der Waals surface area contributed by atoms with Crippen LogP contribution in [0, 0.1) is 0 Å². The van der Waals surface area contributed by atoms with Gasteiger partial charge >= 0.3 is 18.5 Å². The largest absolute Gasteiger partial charge is 0.435 e. The smallest absolute Gasteiger partial charge is 0.267 e. The molecule has 14 heteroatoms. The maximum Gasteiger partial charge on any atom is 0.435 e. The molecular weight excluding hydrogens is 425 g/mol. The van der Waals surface area contributed by atoms with E-state index in [0.717, 1.165) is 12.5 Å². The Morgan fingerprint density at radius 3 is 2.10 bits per heavy atom. The van der Waals surface area contributed by atoms with Crippen LogP contribution in [0.15, 0.2) is 30.3 Å². The second-order valence-electron chi connectivity index (χ2n) is 5.56. The quantitative estimate of drug-likeness (QED) is 0.564. The molecule has 2 aromatic rings. The standard InChI is InChI=1S/C15H10F9N3O2/c1-27-9(7-5-3-2-4-6-7)8(10(25-27)13(17,18)19)11(28)26-29-15(23,24)12(16)14(20,21)22/h2-6,12H,1H3,(H,26,28). The highest BCUT2D eigenvalue weighted by atomic mass is 19.4. The summed E-state index contributed by atoms with van der Waals surface area (Å²) in [5.74, 6) is -2.00. The van der Waals surface area contributed by atoms with Gasteiger partial charge in [0.25, 0.3) is 12.1 Å². The molecule has 1 unspecified atom stereocenters. The van der Waals surface area contributed by atoms with Gasteiger partial charge in [0.2, 0.25) is 0 Å². The summed E-state index contributed by atoms with van der Waals surface area (Å²) in [4.78, 5) is 15.3. The van der Waals surface area contributed by atoms with Gasteiger partial charge in [-0.1, -0.05) is 30.3 Å². The first-order chi connectivity index (χ1) is 13.2. The summed E-state index contributed by atoms with van der Waals surface area (Å²) >= 11 is 0. The Kier molecular flexibility index (Phi) is 5.88. The zero-order chi connectivity index (χ0) is 22.2. The molecule has 0 fully saturated rings. The molecule has 1 N–H and O–H groups in total. The molecule has 1 aromatic heterocycles. The van der Waals surface area contributed by atoms with Crippen LogP contribution < -0.4 is 5.48 Å². The summed E-state index contributed by atoms with van der Waals surface area (Å²) in [5.41, 5.74) is -2.85. The average Bonchev–Trinajstić information content (AvgIpc) is 2.96. The number of carbonyl (C=O) groups is 1. The van der Waals surface area contributed by atoms with E-state index in [0.29, 0.717) is 4.68 Å². The van der Waals surface area contributed by atoms with E-state index in [9.17, 15) is 44.3 Å². The molecular formula is C15H10F9N3O2. The van der Waals surface area contributed by atoms with Gasteiger partial charge < -0.3 is 0 Å². The normalized spacial score (nSPS) is 14.0. The maximum absolute atomic E-state index is 13.2. The van der Waals surface area contributed by atoms with Crippen LogP contribution in [0.2, 0.25) is 0 Å². The third-order valence-corrected chi connectivity index (χ3v) is 3.45. The highest BCUT2D eigenvalue weighted by Crippen LogP contribution is 2.37. The van der Waals surface area contributed by atoms with Crippen molar-refractivity contribution < 1.29 is 49.1 Å². The monoisotopic (exact) mass is 435 g/mol. The maximum atomic E-state index is 13.2. The van der Waals surface area contributed by atoms with Crippen LogP contribution in [0.3, 0.4) is 0 Å². The Balaban J connectivity index is 2.44. The first-order valence-electron chi connectivity index (χ1n) is 7.42. The number of benzene rings is 1. The summed E-state index contributed by atoms with van der Waals surface area (Å²) in [7, 11) is 1.02. The number of carbonyl (C=O) groups excluding carboxylic acids is 1. The van der Waals surface area contributed by atoms with Gasteiger partial charge in [0.1, 0.15) is 5.56 Å². The van der Waals surface area contributed by atoms with Crippen LogP contribution in [0.25, 0.3) is 11.3 Å². The van der Waals surface area contributed by atoms with Gasteiger partial charge in [-0.25, -0.2) is 9.87 Å². The number of nitrogens with zero attached hydrogens (tertiary/aromatic N) is 2. The lowest BCUT2D eigenvalue weighted by Crippen LogP contribution is -2.47. The van der Waals surface area contributed by atoms with Gasteiger partial charge in [0, 0.05) is 12.6 Å². The lowest BCUT2D eigenvalue weighted by Gasteiger charge is -2.22. The van der Waals surface area contributed by atoms with Crippen LogP contribution in [0.1, 0.15) is 16.1 Å². The fraction of sp³-hybridized carbons (Fsp3) is 0.333. The summed E-state index contributed by atoms with van der Waals surface area (Å²) in [5, 5.41) is 3.13. The van der Waals surface area contributed by atoms with E-state index >= 15 is 0 Å². The van der Waals surface area contributed by atoms with Gasteiger partial charge in [-0.2, -0.15) is 45.1 Å². The molecule has 0 aliphatic carbocycles. The van der Waals surface area contributed by atoms with Gasteiger partial charge in [-0.3, -0.25) is 9.48 Å². The van der Waals surface area contributed by atoms with Crippen molar-refractivity contribution in [3.05, 3.63) is 41.6 Å². The molecule has 1 aromatic carbocycles. The molecule has 1 amide bonds. The van der Waals surface area contributed by atoms with Crippen LogP contribution in [0.4, 0.5) is 39.5 Å². The van der Waals surface area contributed by atoms with Crippen molar-refractivity contribution >= 4 is 5.91 Å². The zero-order valence-electron chi connectivity index (χ0n) is 14.1. The van der Waals surface area contributed by atoms with Gasteiger partial charge in [-0.15, -0.1) is 0 Å². The van der Waals surface area contributed by atoms with Crippen molar-refractivity contribution in [3.8, 4) is 11.3 Å². The molecule has 0 bridgehead atoms. The molecule has 0 saturated heterocycles. The second kappa shape index (κ2) is 7.57. The third-order valence-electron chi connectivity index (χ3n) is 3.45. The van der Waals surface area contributed by atoms with Crippen molar-refractivity contribution in [2.75, 3.05) is 0 Å². The lowest BCUT2D eigenvalue weighted by molar-refractivity contribution is -0.348. The number of nitrogens with one attached hydrogen (secondary N) is 1. The minimum Gasteiger partial charge on any atom is -0.267 e. The fourth-order valence-corrected chi connectivity index (χ4v) is 2.27. The summed E-state index contributed by atoms with van der Waals surface area (Å²) in [6.45, 7) is 0. The minimum absolute atomic E-state index is 0.00793. The number of hydrogen-bond donors (Lipinski definition) is 1. The van der Waals surface area contributed by atoms with E-state index in [1.54, 1.807) is 0 Å². The Morgan fingerprint density at radius 1 is 1.07 bits per heavy atom. The van der Waals surface area contributed by atoms with Crippen molar-refractivity contribution in [2.45, 2.75) is 24.6 Å². The summed E-state index contributed by atoms with van der Waals surface area (Å²) < 4.78 is 116. The van der Waals surface area contributed by atoms with E-state index in [-0.39, 0.29) is 5.56 Å². The Bertz CT molecular complexity index is 876. The fourth-order valence-electron chi connectivity index (χ4n) is 2.27. The van der Waals surface area contributed by atoms with Crippen LogP contribution >= 0.6 is 0 Å². The number of aryl methyl sites for hydroxylation is 1. The van der Waals surface area contributed by atoms with Gasteiger partial charge in [-0.05, 0) is 0 Å². The van der Waals surface area contributed by atoms with E-state index < -0.39 is 47.5 Å². The number of alkyl halides is 9. The van der Waals surface area contributed by atoms with Crippen LogP contribution in [0.5, 0.6) is 0 Å². The Labute approximate surface area is 156 Å². The number of hydrogen-bond acceptors (Lipinski definition) is 3. The number of rotatable bonds is 5. The van der Waals surface area contributed by atoms with E-state index in [4.69, 9.17) is 0 Å². The number of aromatic nitrogens is 2. The van der Waals surface area contributed by atoms with Crippen molar-refractivity contribution in [2.24, 2.45) is 7.05 Å². The van der Waals surface area contributed by atoms with Crippen molar-refractivity contribution in [3.63, 3.8) is 0 Å². The van der Waals surface area contributed by atoms with Crippen LogP contribution in [-0.2, 0) is 18.1 Å². The average molecular weight is 435 g/mol. The van der Waals surface area contributed by atoms with Gasteiger partial charge in [0.05, 0.1) is 5.69 Å².